The Kier molecular flexibility index (Phi) is 6.42. The number of rotatable bonds is 7. The van der Waals surface area contributed by atoms with Gasteiger partial charge < -0.3 is 15.4 Å². The van der Waals surface area contributed by atoms with Crippen LogP contribution in [0, 0.1) is 0 Å². The van der Waals surface area contributed by atoms with Crippen LogP contribution in [0.5, 0.6) is 0 Å². The van der Waals surface area contributed by atoms with Gasteiger partial charge in [-0.05, 0) is 49.7 Å². The highest BCUT2D eigenvalue weighted by molar-refractivity contribution is 7.90. The van der Waals surface area contributed by atoms with Crippen LogP contribution in [0.25, 0.3) is 0 Å². The number of anilines is 1. The predicted molar refractivity (Wildman–Crippen MR) is 113 cm³/mol. The molecule has 3 amide bonds. The van der Waals surface area contributed by atoms with E-state index in [0.29, 0.717) is 5.69 Å². The minimum absolute atomic E-state index is 0.0600. The molecule has 0 fully saturated rings. The number of nitrogens with zero attached hydrogens (tertiary/aromatic N) is 1. The first-order valence-electron chi connectivity index (χ1n) is 9.54. The Morgan fingerprint density at radius 2 is 1.87 bits per heavy atom. The summed E-state index contributed by atoms with van der Waals surface area (Å²) < 4.78 is 31.0. The molecule has 1 aliphatic rings. The van der Waals surface area contributed by atoms with E-state index >= 15 is 0 Å². The molecule has 0 bridgehead atoms. The predicted octanol–water partition coefficient (Wildman–Crippen LogP) is 1.75. The molecule has 1 aliphatic heterocycles. The lowest BCUT2D eigenvalue weighted by molar-refractivity contribution is -0.119. The standard InChI is InChI=1S/C21H23N3O6S/c1-13(2)24-21(27)17-8-7-15(10-18(17)31(24,28)29)20(26)22-11-14-5-4-6-16(9-14)23-19(25)12-30-3/h4-10,13H,11-12H2,1-3H3,(H,22,26)(H,23,25). The van der Waals surface area contributed by atoms with Gasteiger partial charge in [0.05, 0.1) is 5.56 Å². The van der Waals surface area contributed by atoms with Gasteiger partial charge in [-0.3, -0.25) is 14.4 Å². The molecule has 0 atom stereocenters. The zero-order chi connectivity index (χ0) is 22.8. The van der Waals surface area contributed by atoms with Gasteiger partial charge in [0.2, 0.25) is 5.91 Å². The number of carbonyl (C=O) groups excluding carboxylic acids is 3. The SMILES string of the molecule is COCC(=O)Nc1cccc(CNC(=O)c2ccc3c(c2)S(=O)(=O)N(C(C)C)C3=O)c1. The molecule has 3 rings (SSSR count). The molecule has 0 spiro atoms. The smallest absolute Gasteiger partial charge is 0.269 e. The van der Waals surface area contributed by atoms with Crippen molar-refractivity contribution in [3.8, 4) is 0 Å². The first-order chi connectivity index (χ1) is 14.6. The van der Waals surface area contributed by atoms with Crippen LogP contribution in [-0.4, -0.2) is 50.2 Å². The van der Waals surface area contributed by atoms with E-state index in [1.54, 1.807) is 38.1 Å². The van der Waals surface area contributed by atoms with Crippen LogP contribution >= 0.6 is 0 Å². The Morgan fingerprint density at radius 1 is 1.13 bits per heavy atom. The number of sulfonamides is 1. The average molecular weight is 445 g/mol. The lowest BCUT2D eigenvalue weighted by atomic mass is 10.1. The van der Waals surface area contributed by atoms with Gasteiger partial charge >= 0.3 is 0 Å². The minimum Gasteiger partial charge on any atom is -0.375 e. The number of hydrogen-bond donors (Lipinski definition) is 2. The zero-order valence-corrected chi connectivity index (χ0v) is 18.2. The monoisotopic (exact) mass is 445 g/mol. The fourth-order valence-corrected chi connectivity index (χ4v) is 5.06. The molecule has 2 aromatic rings. The van der Waals surface area contributed by atoms with Crippen LogP contribution in [0.1, 0.15) is 40.1 Å². The molecule has 0 saturated heterocycles. The Balaban J connectivity index is 1.73. The topological polar surface area (TPSA) is 122 Å². The van der Waals surface area contributed by atoms with E-state index in [4.69, 9.17) is 4.74 Å². The molecule has 1 heterocycles. The third kappa shape index (κ3) is 4.59. The van der Waals surface area contributed by atoms with Crippen LogP contribution in [-0.2, 0) is 26.1 Å². The molecule has 10 heteroatoms. The van der Waals surface area contributed by atoms with Gasteiger partial charge in [0, 0.05) is 30.9 Å². The van der Waals surface area contributed by atoms with Crippen LogP contribution in [0.4, 0.5) is 5.69 Å². The maximum atomic E-state index is 12.7. The number of methoxy groups -OCH3 is 1. The van der Waals surface area contributed by atoms with E-state index < -0.39 is 27.9 Å². The van der Waals surface area contributed by atoms with Crippen molar-refractivity contribution in [2.24, 2.45) is 0 Å². The van der Waals surface area contributed by atoms with Gasteiger partial charge in [0.25, 0.3) is 21.8 Å². The number of ether oxygens (including phenoxy) is 1. The van der Waals surface area contributed by atoms with E-state index in [0.717, 1.165) is 9.87 Å². The summed E-state index contributed by atoms with van der Waals surface area (Å²) in [7, 11) is -2.56. The van der Waals surface area contributed by atoms with E-state index in [2.05, 4.69) is 10.6 Å². The minimum atomic E-state index is -3.99. The van der Waals surface area contributed by atoms with E-state index in [1.807, 2.05) is 0 Å². The van der Waals surface area contributed by atoms with Crippen LogP contribution in [0.15, 0.2) is 47.4 Å². The van der Waals surface area contributed by atoms with Crippen LogP contribution in [0.2, 0.25) is 0 Å². The van der Waals surface area contributed by atoms with Crippen molar-refractivity contribution in [3.63, 3.8) is 0 Å². The summed E-state index contributed by atoms with van der Waals surface area (Å²) in [5, 5.41) is 5.39. The second-order valence-corrected chi connectivity index (χ2v) is 9.06. The first-order valence-corrected chi connectivity index (χ1v) is 11.0. The fourth-order valence-electron chi connectivity index (χ4n) is 3.27. The summed E-state index contributed by atoms with van der Waals surface area (Å²) >= 11 is 0. The third-order valence-electron chi connectivity index (χ3n) is 4.62. The van der Waals surface area contributed by atoms with Gasteiger partial charge in [-0.1, -0.05) is 12.1 Å². The quantitative estimate of drug-likeness (QED) is 0.670. The van der Waals surface area contributed by atoms with Crippen molar-refractivity contribution in [1.82, 2.24) is 9.62 Å². The normalized spacial score (nSPS) is 14.5. The molecule has 0 saturated carbocycles. The molecule has 2 aromatic carbocycles. The van der Waals surface area contributed by atoms with E-state index in [1.165, 1.54) is 25.3 Å². The van der Waals surface area contributed by atoms with Crippen molar-refractivity contribution < 1.29 is 27.5 Å². The molecule has 31 heavy (non-hydrogen) atoms. The fraction of sp³-hybridized carbons (Fsp3) is 0.286. The highest BCUT2D eigenvalue weighted by Crippen LogP contribution is 2.32. The summed E-state index contributed by atoms with van der Waals surface area (Å²) in [5.41, 5.74) is 1.48. The Bertz CT molecular complexity index is 1140. The van der Waals surface area contributed by atoms with E-state index in [9.17, 15) is 22.8 Å². The second kappa shape index (κ2) is 8.86. The number of hydrogen-bond acceptors (Lipinski definition) is 6. The van der Waals surface area contributed by atoms with E-state index in [-0.39, 0.29) is 35.1 Å². The maximum absolute atomic E-state index is 12.7. The molecular formula is C21H23N3O6S. The van der Waals surface area contributed by atoms with Gasteiger partial charge in [-0.2, -0.15) is 0 Å². The molecular weight excluding hydrogens is 422 g/mol. The number of fused-ring (bicyclic) bond motifs is 1. The maximum Gasteiger partial charge on any atom is 0.269 e. The van der Waals surface area contributed by atoms with Gasteiger partial charge in [0.1, 0.15) is 11.5 Å². The highest BCUT2D eigenvalue weighted by atomic mass is 32.2. The van der Waals surface area contributed by atoms with Crippen molar-refractivity contribution in [2.75, 3.05) is 19.0 Å². The number of carbonyl (C=O) groups is 3. The van der Waals surface area contributed by atoms with Gasteiger partial charge in [-0.15, -0.1) is 0 Å². The Hall–Kier alpha value is -3.24. The van der Waals surface area contributed by atoms with Crippen molar-refractivity contribution in [1.29, 1.82) is 0 Å². The summed E-state index contributed by atoms with van der Waals surface area (Å²) in [6, 6.07) is 10.4. The van der Waals surface area contributed by atoms with Crippen LogP contribution < -0.4 is 10.6 Å². The first kappa shape index (κ1) is 22.4. The van der Waals surface area contributed by atoms with Gasteiger partial charge in [0.15, 0.2) is 0 Å². The summed E-state index contributed by atoms with van der Waals surface area (Å²) in [6.07, 6.45) is 0. The average Bonchev–Trinajstić information content (AvgIpc) is 2.91. The zero-order valence-electron chi connectivity index (χ0n) is 17.3. The molecule has 0 unspecified atom stereocenters. The molecule has 0 aliphatic carbocycles. The summed E-state index contributed by atoms with van der Waals surface area (Å²) in [4.78, 5) is 36.4. The molecule has 0 aromatic heterocycles. The lowest BCUT2D eigenvalue weighted by Gasteiger charge is -2.18. The van der Waals surface area contributed by atoms with Crippen molar-refractivity contribution >= 4 is 33.4 Å². The Labute approximate surface area is 180 Å². The number of nitrogens with one attached hydrogen (secondary N) is 2. The van der Waals surface area contributed by atoms with Crippen molar-refractivity contribution in [2.45, 2.75) is 31.3 Å². The lowest BCUT2D eigenvalue weighted by Crippen LogP contribution is -2.36. The summed E-state index contributed by atoms with van der Waals surface area (Å²) in [5.74, 6) is -1.38. The Morgan fingerprint density at radius 3 is 2.55 bits per heavy atom. The van der Waals surface area contributed by atoms with Crippen molar-refractivity contribution in [3.05, 3.63) is 59.2 Å². The summed E-state index contributed by atoms with van der Waals surface area (Å²) in [6.45, 7) is 3.31. The molecule has 2 N–H and O–H groups in total. The largest absolute Gasteiger partial charge is 0.375 e. The molecule has 0 radical (unpaired) electrons. The molecule has 9 nitrogen and oxygen atoms in total. The highest BCUT2D eigenvalue weighted by Gasteiger charge is 2.42. The third-order valence-corrected chi connectivity index (χ3v) is 6.62. The molecule has 164 valence electrons. The van der Waals surface area contributed by atoms with Gasteiger partial charge in [-0.25, -0.2) is 12.7 Å². The number of amides is 3. The second-order valence-electron chi connectivity index (χ2n) is 7.27. The number of benzene rings is 2. The van der Waals surface area contributed by atoms with Crippen LogP contribution in [0.3, 0.4) is 0 Å².